The van der Waals surface area contributed by atoms with Crippen molar-refractivity contribution in [2.75, 3.05) is 13.2 Å². The number of benzene rings is 1. The summed E-state index contributed by atoms with van der Waals surface area (Å²) >= 11 is 8.71. The molecule has 0 N–H and O–H groups in total. The van der Waals surface area contributed by atoms with Crippen LogP contribution >= 0.6 is 34.2 Å². The summed E-state index contributed by atoms with van der Waals surface area (Å²) in [7, 11) is 0. The monoisotopic (exact) mass is 404 g/mol. The number of hydrogen-bond donors (Lipinski definition) is 0. The molecule has 3 rings (SSSR count). The summed E-state index contributed by atoms with van der Waals surface area (Å²) in [5, 5.41) is -0.0975. The Labute approximate surface area is 137 Å². The zero-order valence-electron chi connectivity index (χ0n) is 11.7. The molecule has 0 saturated carbocycles. The van der Waals surface area contributed by atoms with Crippen LogP contribution in [0.25, 0.3) is 11.0 Å². The number of rotatable bonds is 2. The summed E-state index contributed by atoms with van der Waals surface area (Å²) in [6.45, 7) is 5.89. The van der Waals surface area contributed by atoms with Crippen LogP contribution in [0.3, 0.4) is 0 Å². The summed E-state index contributed by atoms with van der Waals surface area (Å²) in [6.07, 6.45) is 2.00. The molecule has 0 radical (unpaired) electrons. The Morgan fingerprint density at radius 1 is 1.40 bits per heavy atom. The lowest BCUT2D eigenvalue weighted by atomic mass is 9.91. The molecule has 1 aromatic heterocycles. The van der Waals surface area contributed by atoms with Gasteiger partial charge in [-0.15, -0.1) is 11.6 Å². The molecule has 1 aromatic carbocycles. The van der Waals surface area contributed by atoms with E-state index < -0.39 is 0 Å². The van der Waals surface area contributed by atoms with Crippen LogP contribution in [0, 0.1) is 3.57 Å². The van der Waals surface area contributed by atoms with E-state index in [1.54, 1.807) is 0 Å². The number of ether oxygens (including phenoxy) is 1. The third-order valence-electron chi connectivity index (χ3n) is 4.11. The molecule has 0 spiro atoms. The van der Waals surface area contributed by atoms with Gasteiger partial charge in [-0.1, -0.05) is 0 Å². The summed E-state index contributed by atoms with van der Waals surface area (Å²) in [6, 6.07) is 6.41. The van der Waals surface area contributed by atoms with Crippen molar-refractivity contribution in [1.29, 1.82) is 0 Å². The van der Waals surface area contributed by atoms with E-state index in [0.29, 0.717) is 0 Å². The van der Waals surface area contributed by atoms with Gasteiger partial charge in [-0.05, 0) is 67.5 Å². The molecule has 1 fully saturated rings. The molecule has 108 valence electrons. The third kappa shape index (κ3) is 2.46. The fraction of sp³-hybridized carbons (Fsp3) is 0.533. The van der Waals surface area contributed by atoms with E-state index in [0.717, 1.165) is 37.4 Å². The largest absolute Gasteiger partial charge is 0.381 e. The minimum absolute atomic E-state index is 0.0400. The molecule has 2 heterocycles. The molecule has 3 nitrogen and oxygen atoms in total. The SMILES string of the molecule is CC(Cl)c1nc2cc(I)ccc2n1C1(C)CCOCC1. The van der Waals surface area contributed by atoms with Crippen LogP contribution in [0.2, 0.25) is 0 Å². The van der Waals surface area contributed by atoms with Crippen LogP contribution in [0.4, 0.5) is 0 Å². The highest BCUT2D eigenvalue weighted by Crippen LogP contribution is 2.37. The maximum absolute atomic E-state index is 6.38. The fourth-order valence-electron chi connectivity index (χ4n) is 2.94. The average molecular weight is 405 g/mol. The molecule has 2 aromatic rings. The lowest BCUT2D eigenvalue weighted by Crippen LogP contribution is -2.37. The minimum atomic E-state index is -0.0975. The third-order valence-corrected chi connectivity index (χ3v) is 4.97. The highest BCUT2D eigenvalue weighted by atomic mass is 127. The van der Waals surface area contributed by atoms with Gasteiger partial charge in [0.05, 0.1) is 16.4 Å². The number of alkyl halides is 1. The van der Waals surface area contributed by atoms with Gasteiger partial charge in [0.15, 0.2) is 0 Å². The number of imidazole rings is 1. The van der Waals surface area contributed by atoms with Crippen molar-refractivity contribution in [1.82, 2.24) is 9.55 Å². The van der Waals surface area contributed by atoms with E-state index in [4.69, 9.17) is 21.3 Å². The van der Waals surface area contributed by atoms with Gasteiger partial charge in [0.1, 0.15) is 5.82 Å². The van der Waals surface area contributed by atoms with E-state index in [2.05, 4.69) is 52.3 Å². The van der Waals surface area contributed by atoms with Gasteiger partial charge in [-0.2, -0.15) is 0 Å². The van der Waals surface area contributed by atoms with Gasteiger partial charge in [-0.25, -0.2) is 4.98 Å². The molecule has 1 aliphatic rings. The van der Waals surface area contributed by atoms with E-state index in [1.807, 2.05) is 6.92 Å². The zero-order valence-corrected chi connectivity index (χ0v) is 14.6. The van der Waals surface area contributed by atoms with Crippen LogP contribution in [-0.2, 0) is 10.3 Å². The van der Waals surface area contributed by atoms with Crippen molar-refractivity contribution in [3.05, 3.63) is 27.6 Å². The van der Waals surface area contributed by atoms with Gasteiger partial charge < -0.3 is 9.30 Å². The molecular weight excluding hydrogens is 387 g/mol. The number of nitrogens with zero attached hydrogens (tertiary/aromatic N) is 2. The zero-order chi connectivity index (χ0) is 14.3. The number of halogens is 2. The smallest absolute Gasteiger partial charge is 0.128 e. The first-order valence-corrected chi connectivity index (χ1v) is 8.43. The Balaban J connectivity index is 2.23. The quantitative estimate of drug-likeness (QED) is 0.545. The maximum Gasteiger partial charge on any atom is 0.128 e. The molecule has 0 amide bonds. The molecule has 1 unspecified atom stereocenters. The number of fused-ring (bicyclic) bond motifs is 1. The summed E-state index contributed by atoms with van der Waals surface area (Å²) in [4.78, 5) is 4.78. The van der Waals surface area contributed by atoms with Crippen molar-refractivity contribution >= 4 is 45.2 Å². The molecule has 0 bridgehead atoms. The van der Waals surface area contributed by atoms with Gasteiger partial charge >= 0.3 is 0 Å². The molecule has 1 saturated heterocycles. The van der Waals surface area contributed by atoms with Crippen LogP contribution in [0.5, 0.6) is 0 Å². The summed E-state index contributed by atoms with van der Waals surface area (Å²) < 4.78 is 9.07. The molecule has 0 aliphatic carbocycles. The Morgan fingerprint density at radius 2 is 2.10 bits per heavy atom. The van der Waals surface area contributed by atoms with E-state index >= 15 is 0 Å². The predicted octanol–water partition coefficient (Wildman–Crippen LogP) is 4.47. The Morgan fingerprint density at radius 3 is 2.75 bits per heavy atom. The summed E-state index contributed by atoms with van der Waals surface area (Å²) in [5.74, 6) is 0.966. The van der Waals surface area contributed by atoms with Gasteiger partial charge in [0.25, 0.3) is 0 Å². The first-order chi connectivity index (χ1) is 9.51. The van der Waals surface area contributed by atoms with E-state index in [-0.39, 0.29) is 10.9 Å². The fourth-order valence-corrected chi connectivity index (χ4v) is 3.56. The van der Waals surface area contributed by atoms with Crippen molar-refractivity contribution in [2.24, 2.45) is 0 Å². The lowest BCUT2D eigenvalue weighted by molar-refractivity contribution is 0.0300. The highest BCUT2D eigenvalue weighted by molar-refractivity contribution is 14.1. The molecular formula is C15H18ClIN2O. The lowest BCUT2D eigenvalue weighted by Gasteiger charge is -2.37. The first-order valence-electron chi connectivity index (χ1n) is 6.91. The van der Waals surface area contributed by atoms with E-state index in [9.17, 15) is 0 Å². The van der Waals surface area contributed by atoms with E-state index in [1.165, 1.54) is 9.09 Å². The van der Waals surface area contributed by atoms with Crippen molar-refractivity contribution in [3.63, 3.8) is 0 Å². The van der Waals surface area contributed by atoms with Crippen molar-refractivity contribution in [3.8, 4) is 0 Å². The highest BCUT2D eigenvalue weighted by Gasteiger charge is 2.33. The number of hydrogen-bond acceptors (Lipinski definition) is 2. The van der Waals surface area contributed by atoms with Crippen molar-refractivity contribution in [2.45, 2.75) is 37.6 Å². The predicted molar refractivity (Wildman–Crippen MR) is 90.4 cm³/mol. The Bertz CT molecular complexity index is 632. The topological polar surface area (TPSA) is 27.1 Å². The minimum Gasteiger partial charge on any atom is -0.381 e. The Kier molecular flexibility index (Phi) is 3.99. The van der Waals surface area contributed by atoms with Gasteiger partial charge in [0, 0.05) is 22.3 Å². The molecule has 1 atom stereocenters. The molecule has 5 heteroatoms. The second-order valence-electron chi connectivity index (χ2n) is 5.66. The van der Waals surface area contributed by atoms with Crippen LogP contribution < -0.4 is 0 Å². The number of aromatic nitrogens is 2. The van der Waals surface area contributed by atoms with Crippen LogP contribution in [-0.4, -0.2) is 22.8 Å². The average Bonchev–Trinajstić information content (AvgIpc) is 2.79. The second kappa shape index (κ2) is 5.46. The summed E-state index contributed by atoms with van der Waals surface area (Å²) in [5.41, 5.74) is 2.25. The van der Waals surface area contributed by atoms with Gasteiger partial charge in [-0.3, -0.25) is 0 Å². The normalized spacial score (nSPS) is 20.2. The maximum atomic E-state index is 6.38. The van der Waals surface area contributed by atoms with Crippen LogP contribution in [0.15, 0.2) is 18.2 Å². The van der Waals surface area contributed by atoms with Gasteiger partial charge in [0.2, 0.25) is 0 Å². The van der Waals surface area contributed by atoms with Crippen molar-refractivity contribution < 1.29 is 4.74 Å². The first kappa shape index (κ1) is 14.6. The Hall–Kier alpha value is -0.330. The standard InChI is InChI=1S/C15H18ClIN2O/c1-10(16)14-18-12-9-11(17)3-4-13(12)19(14)15(2)5-7-20-8-6-15/h3-4,9-10H,5-8H2,1-2H3. The van der Waals surface area contributed by atoms with Crippen LogP contribution in [0.1, 0.15) is 37.9 Å². The second-order valence-corrected chi connectivity index (χ2v) is 7.56. The molecule has 1 aliphatic heterocycles. The molecule has 20 heavy (non-hydrogen) atoms.